The Morgan fingerprint density at radius 1 is 1.23 bits per heavy atom. The number of carbonyl (C=O) groups is 1. The van der Waals surface area contributed by atoms with E-state index in [4.69, 9.17) is 11.6 Å². The number of halogens is 2. The summed E-state index contributed by atoms with van der Waals surface area (Å²) in [5, 5.41) is 5.68. The fraction of sp³-hybridized carbons (Fsp3) is 0.400. The van der Waals surface area contributed by atoms with Crippen LogP contribution in [0.4, 0.5) is 0 Å². The van der Waals surface area contributed by atoms with Crippen LogP contribution in [-0.2, 0) is 23.0 Å². The molecule has 11 heteroatoms. The van der Waals surface area contributed by atoms with Gasteiger partial charge in [0.25, 0.3) is 5.91 Å². The number of amides is 1. The van der Waals surface area contributed by atoms with E-state index in [-0.39, 0.29) is 31.4 Å². The van der Waals surface area contributed by atoms with Crippen LogP contribution in [-0.4, -0.2) is 60.7 Å². The molecule has 1 atom stereocenters. The first-order valence-corrected chi connectivity index (χ1v) is 12.5. The largest absolute Gasteiger partial charge is 0.334 e. The average Bonchev–Trinajstić information content (AvgIpc) is 3.16. The number of piperazine rings is 1. The van der Waals surface area contributed by atoms with Crippen molar-refractivity contribution < 1.29 is 13.2 Å². The minimum Gasteiger partial charge on any atom is -0.334 e. The highest BCUT2D eigenvalue weighted by Gasteiger charge is 2.30. The minimum absolute atomic E-state index is 0. The third-order valence-corrected chi connectivity index (χ3v) is 8.16. The normalized spacial score (nSPS) is 19.8. The van der Waals surface area contributed by atoms with Crippen molar-refractivity contribution >= 4 is 57.4 Å². The quantitative estimate of drug-likeness (QED) is 0.694. The zero-order chi connectivity index (χ0) is 21.3. The van der Waals surface area contributed by atoms with Crippen molar-refractivity contribution in [3.8, 4) is 0 Å². The Morgan fingerprint density at radius 3 is 2.58 bits per heavy atom. The summed E-state index contributed by atoms with van der Waals surface area (Å²) in [5.41, 5.74) is 1.76. The van der Waals surface area contributed by atoms with Crippen molar-refractivity contribution in [2.24, 2.45) is 0 Å². The first-order chi connectivity index (χ1) is 14.3. The van der Waals surface area contributed by atoms with Crippen LogP contribution in [0.25, 0.3) is 6.08 Å². The predicted octanol–water partition coefficient (Wildman–Crippen LogP) is 3.01. The fourth-order valence-electron chi connectivity index (χ4n) is 3.51. The highest BCUT2D eigenvalue weighted by atomic mass is 35.5. The van der Waals surface area contributed by atoms with Gasteiger partial charge < -0.3 is 10.2 Å². The van der Waals surface area contributed by atoms with Crippen molar-refractivity contribution in [3.05, 3.63) is 55.8 Å². The van der Waals surface area contributed by atoms with Crippen LogP contribution in [0.5, 0.6) is 0 Å². The molecule has 168 valence electrons. The van der Waals surface area contributed by atoms with E-state index in [2.05, 4.69) is 17.2 Å². The number of hydrogen-bond donors (Lipinski definition) is 1. The molecule has 1 amide bonds. The maximum Gasteiger partial charge on any atom is 0.282 e. The molecule has 31 heavy (non-hydrogen) atoms. The molecule has 1 aromatic heterocycles. The molecular weight excluding hydrogens is 479 g/mol. The molecule has 1 unspecified atom stereocenters. The average molecular weight is 503 g/mol. The van der Waals surface area contributed by atoms with E-state index >= 15 is 0 Å². The predicted molar refractivity (Wildman–Crippen MR) is 126 cm³/mol. The summed E-state index contributed by atoms with van der Waals surface area (Å²) in [6.45, 7) is 4.08. The van der Waals surface area contributed by atoms with Crippen molar-refractivity contribution in [2.45, 2.75) is 25.9 Å². The molecule has 2 aliphatic heterocycles. The van der Waals surface area contributed by atoms with Crippen molar-refractivity contribution in [1.82, 2.24) is 19.5 Å². The maximum atomic E-state index is 12.9. The second-order valence-electron chi connectivity index (χ2n) is 7.47. The number of carbonyl (C=O) groups excluding carboxylic acids is 1. The lowest BCUT2D eigenvalue weighted by molar-refractivity contribution is 0.0698. The van der Waals surface area contributed by atoms with Gasteiger partial charge in [0, 0.05) is 60.5 Å². The number of hydrogen-bond acceptors (Lipinski definition) is 6. The molecule has 0 spiro atoms. The SMILES string of the molecule is CC1Cc2nc(C(=O)N3CCN(S(=O)(=O)C=Cc4ccc(Cl)cc4)CC3)sc2CN1.Cl. The molecule has 7 nitrogen and oxygen atoms in total. The van der Waals surface area contributed by atoms with Gasteiger partial charge in [0.05, 0.1) is 5.69 Å². The molecule has 1 aromatic carbocycles. The van der Waals surface area contributed by atoms with E-state index in [0.717, 1.165) is 29.1 Å². The number of rotatable bonds is 4. The number of fused-ring (bicyclic) bond motifs is 1. The molecule has 0 radical (unpaired) electrons. The van der Waals surface area contributed by atoms with Gasteiger partial charge in [-0.25, -0.2) is 13.4 Å². The van der Waals surface area contributed by atoms with Crippen molar-refractivity contribution in [3.63, 3.8) is 0 Å². The van der Waals surface area contributed by atoms with Crippen LogP contribution in [0.3, 0.4) is 0 Å². The molecule has 0 saturated carbocycles. The summed E-state index contributed by atoms with van der Waals surface area (Å²) < 4.78 is 26.7. The first kappa shape index (κ1) is 24.2. The van der Waals surface area contributed by atoms with Crippen LogP contribution in [0.1, 0.15) is 32.9 Å². The van der Waals surface area contributed by atoms with E-state index < -0.39 is 10.0 Å². The second kappa shape index (κ2) is 9.97. The van der Waals surface area contributed by atoms with Gasteiger partial charge in [-0.2, -0.15) is 4.31 Å². The van der Waals surface area contributed by atoms with Crippen LogP contribution < -0.4 is 5.32 Å². The molecule has 3 heterocycles. The number of aromatic nitrogens is 1. The lowest BCUT2D eigenvalue weighted by atomic mass is 10.1. The van der Waals surface area contributed by atoms with Crippen molar-refractivity contribution in [2.75, 3.05) is 26.2 Å². The molecule has 2 aliphatic rings. The first-order valence-electron chi connectivity index (χ1n) is 9.77. The zero-order valence-electron chi connectivity index (χ0n) is 17.0. The fourth-order valence-corrected chi connectivity index (χ4v) is 5.81. The van der Waals surface area contributed by atoms with Gasteiger partial charge in [-0.3, -0.25) is 4.79 Å². The van der Waals surface area contributed by atoms with Crippen LogP contribution in [0.2, 0.25) is 5.02 Å². The Bertz CT molecular complexity index is 1060. The zero-order valence-corrected chi connectivity index (χ0v) is 20.2. The highest BCUT2D eigenvalue weighted by molar-refractivity contribution is 7.92. The van der Waals surface area contributed by atoms with E-state index in [0.29, 0.717) is 29.2 Å². The number of nitrogens with zero attached hydrogens (tertiary/aromatic N) is 3. The van der Waals surface area contributed by atoms with Crippen LogP contribution in [0.15, 0.2) is 29.7 Å². The lowest BCUT2D eigenvalue weighted by Crippen LogP contribution is -2.50. The summed E-state index contributed by atoms with van der Waals surface area (Å²) >= 11 is 7.29. The molecule has 1 saturated heterocycles. The molecule has 4 rings (SSSR count). The smallest absolute Gasteiger partial charge is 0.282 e. The van der Waals surface area contributed by atoms with Gasteiger partial charge in [-0.1, -0.05) is 23.7 Å². The number of sulfonamides is 1. The molecular formula is C20H24Cl2N4O3S2. The number of thiazole rings is 1. The Kier molecular flexibility index (Phi) is 7.77. The van der Waals surface area contributed by atoms with Gasteiger partial charge in [0.2, 0.25) is 10.0 Å². The molecule has 1 fully saturated rings. The Labute approximate surface area is 197 Å². The maximum absolute atomic E-state index is 12.9. The van der Waals surface area contributed by atoms with Gasteiger partial charge in [0.15, 0.2) is 5.01 Å². The van der Waals surface area contributed by atoms with E-state index in [1.165, 1.54) is 21.1 Å². The highest BCUT2D eigenvalue weighted by Crippen LogP contribution is 2.25. The number of benzene rings is 1. The summed E-state index contributed by atoms with van der Waals surface area (Å²) in [5.74, 6) is -0.115. The summed E-state index contributed by atoms with van der Waals surface area (Å²) in [6, 6.07) is 7.30. The molecule has 2 aromatic rings. The standard InChI is InChI=1S/C20H23ClN4O3S2.ClH/c1-14-12-17-18(13-22-14)29-19(23-17)20(26)24-7-9-25(10-8-24)30(27,28)11-6-15-2-4-16(21)5-3-15;/h2-6,11,14,22H,7-10,12-13H2,1H3;1H. The van der Waals surface area contributed by atoms with Gasteiger partial charge in [-0.05, 0) is 30.7 Å². The third kappa shape index (κ3) is 5.66. The van der Waals surface area contributed by atoms with Crippen LogP contribution in [0, 0.1) is 0 Å². The van der Waals surface area contributed by atoms with Crippen LogP contribution >= 0.6 is 35.3 Å². The Morgan fingerprint density at radius 2 is 1.90 bits per heavy atom. The topological polar surface area (TPSA) is 82.6 Å². The van der Waals surface area contributed by atoms with Gasteiger partial charge >= 0.3 is 0 Å². The summed E-state index contributed by atoms with van der Waals surface area (Å²) in [6.07, 6.45) is 2.38. The van der Waals surface area contributed by atoms with Gasteiger partial charge in [0.1, 0.15) is 0 Å². The molecule has 0 bridgehead atoms. The molecule has 1 N–H and O–H groups in total. The van der Waals surface area contributed by atoms with Gasteiger partial charge in [-0.15, -0.1) is 23.7 Å². The second-order valence-corrected chi connectivity index (χ2v) is 10.8. The lowest BCUT2D eigenvalue weighted by Gasteiger charge is -2.32. The van der Waals surface area contributed by atoms with E-state index in [1.807, 2.05) is 0 Å². The summed E-state index contributed by atoms with van der Waals surface area (Å²) in [4.78, 5) is 20.2. The molecule has 0 aliphatic carbocycles. The Hall–Kier alpha value is -1.49. The van der Waals surface area contributed by atoms with Crippen molar-refractivity contribution in [1.29, 1.82) is 0 Å². The minimum atomic E-state index is -3.55. The Balaban J connectivity index is 0.00000272. The summed E-state index contributed by atoms with van der Waals surface area (Å²) in [7, 11) is -3.55. The number of nitrogens with one attached hydrogen (secondary N) is 1. The van der Waals surface area contributed by atoms with E-state index in [9.17, 15) is 13.2 Å². The van der Waals surface area contributed by atoms with E-state index in [1.54, 1.807) is 35.2 Å². The monoisotopic (exact) mass is 502 g/mol. The third-order valence-electron chi connectivity index (χ3n) is 5.26.